The first kappa shape index (κ1) is 15.1. The zero-order chi connectivity index (χ0) is 15.5. The van der Waals surface area contributed by atoms with Crippen molar-refractivity contribution in [2.45, 2.75) is 32.1 Å². The van der Waals surface area contributed by atoms with E-state index in [4.69, 9.17) is 4.74 Å². The molecule has 1 aliphatic heterocycles. The minimum atomic E-state index is 0.0406. The summed E-state index contributed by atoms with van der Waals surface area (Å²) in [6, 6.07) is 7.30. The molecule has 0 aromatic heterocycles. The molecule has 3 rings (SSSR count). The van der Waals surface area contributed by atoms with Crippen LogP contribution in [0.25, 0.3) is 0 Å². The van der Waals surface area contributed by atoms with Gasteiger partial charge in [0.2, 0.25) is 5.91 Å². The minimum Gasteiger partial charge on any atom is -0.497 e. The van der Waals surface area contributed by atoms with Crippen LogP contribution in [0.3, 0.4) is 0 Å². The second-order valence-corrected chi connectivity index (χ2v) is 6.32. The van der Waals surface area contributed by atoms with Crippen molar-refractivity contribution in [3.8, 4) is 5.75 Å². The van der Waals surface area contributed by atoms with Gasteiger partial charge in [-0.1, -0.05) is 6.42 Å². The number of likely N-dealkylation sites (tertiary alicyclic amines) is 1. The third-order valence-electron chi connectivity index (χ3n) is 5.01. The summed E-state index contributed by atoms with van der Waals surface area (Å²) in [4.78, 5) is 26.7. The van der Waals surface area contributed by atoms with Crippen LogP contribution in [-0.4, -0.2) is 36.8 Å². The maximum absolute atomic E-state index is 12.5. The summed E-state index contributed by atoms with van der Waals surface area (Å²) in [6.07, 6.45) is 4.84. The lowest BCUT2D eigenvalue weighted by Gasteiger charge is -2.36. The molecule has 1 aliphatic carbocycles. The van der Waals surface area contributed by atoms with Gasteiger partial charge in [-0.25, -0.2) is 0 Å². The summed E-state index contributed by atoms with van der Waals surface area (Å²) in [5.74, 6) is 1.56. The summed E-state index contributed by atoms with van der Waals surface area (Å²) in [5, 5.41) is 0. The van der Waals surface area contributed by atoms with Gasteiger partial charge in [0.1, 0.15) is 5.75 Å². The van der Waals surface area contributed by atoms with Gasteiger partial charge >= 0.3 is 0 Å². The Hall–Kier alpha value is -1.84. The highest BCUT2D eigenvalue weighted by molar-refractivity contribution is 5.98. The van der Waals surface area contributed by atoms with E-state index in [9.17, 15) is 9.59 Å². The second-order valence-electron chi connectivity index (χ2n) is 6.32. The van der Waals surface area contributed by atoms with Gasteiger partial charge in [-0.2, -0.15) is 0 Å². The van der Waals surface area contributed by atoms with Crippen LogP contribution in [0.2, 0.25) is 0 Å². The molecule has 1 saturated heterocycles. The first-order chi connectivity index (χ1) is 10.7. The molecular formula is C18H23NO3. The molecule has 22 heavy (non-hydrogen) atoms. The Bertz CT molecular complexity index is 540. The van der Waals surface area contributed by atoms with E-state index >= 15 is 0 Å². The highest BCUT2D eigenvalue weighted by Gasteiger charge is 2.33. The SMILES string of the molecule is COc1ccc(C(=O)C2CCN(C(=O)C3CCC3)CC2)cc1. The zero-order valence-corrected chi connectivity index (χ0v) is 13.1. The van der Waals surface area contributed by atoms with Crippen LogP contribution in [0.4, 0.5) is 0 Å². The lowest BCUT2D eigenvalue weighted by atomic mass is 9.83. The van der Waals surface area contributed by atoms with Crippen molar-refractivity contribution in [3.63, 3.8) is 0 Å². The molecule has 1 aromatic rings. The van der Waals surface area contributed by atoms with Crippen LogP contribution in [0.1, 0.15) is 42.5 Å². The number of Topliss-reactive ketones (excluding diaryl/α,β-unsaturated/α-hetero) is 1. The average molecular weight is 301 g/mol. The Kier molecular flexibility index (Phi) is 4.46. The summed E-state index contributed by atoms with van der Waals surface area (Å²) in [7, 11) is 1.62. The van der Waals surface area contributed by atoms with Crippen molar-refractivity contribution in [2.75, 3.05) is 20.2 Å². The number of rotatable bonds is 4. The monoisotopic (exact) mass is 301 g/mol. The van der Waals surface area contributed by atoms with Gasteiger partial charge in [0, 0.05) is 30.5 Å². The molecule has 0 spiro atoms. The van der Waals surface area contributed by atoms with Crippen molar-refractivity contribution in [3.05, 3.63) is 29.8 Å². The Morgan fingerprint density at radius 1 is 1.00 bits per heavy atom. The van der Waals surface area contributed by atoms with Crippen LogP contribution >= 0.6 is 0 Å². The largest absolute Gasteiger partial charge is 0.497 e. The highest BCUT2D eigenvalue weighted by atomic mass is 16.5. The van der Waals surface area contributed by atoms with E-state index in [-0.39, 0.29) is 17.6 Å². The highest BCUT2D eigenvalue weighted by Crippen LogP contribution is 2.30. The van der Waals surface area contributed by atoms with Crippen molar-refractivity contribution < 1.29 is 14.3 Å². The molecule has 0 radical (unpaired) electrons. The number of amides is 1. The van der Waals surface area contributed by atoms with Crippen molar-refractivity contribution >= 4 is 11.7 Å². The smallest absolute Gasteiger partial charge is 0.225 e. The lowest BCUT2D eigenvalue weighted by molar-refractivity contribution is -0.139. The van der Waals surface area contributed by atoms with E-state index in [0.29, 0.717) is 5.91 Å². The van der Waals surface area contributed by atoms with Gasteiger partial charge < -0.3 is 9.64 Å². The normalized spacial score (nSPS) is 19.6. The van der Waals surface area contributed by atoms with Crippen LogP contribution < -0.4 is 4.74 Å². The average Bonchev–Trinajstić information content (AvgIpc) is 2.53. The van der Waals surface area contributed by atoms with Gasteiger partial charge in [0.25, 0.3) is 0 Å². The van der Waals surface area contributed by atoms with Crippen LogP contribution in [0.5, 0.6) is 5.75 Å². The molecule has 1 aromatic carbocycles. The molecule has 0 bridgehead atoms. The topological polar surface area (TPSA) is 46.6 Å². The molecule has 0 unspecified atom stereocenters. The first-order valence-electron chi connectivity index (χ1n) is 8.16. The van der Waals surface area contributed by atoms with E-state index in [1.165, 1.54) is 6.42 Å². The molecule has 1 amide bonds. The Morgan fingerprint density at radius 2 is 1.64 bits per heavy atom. The van der Waals surface area contributed by atoms with Crippen molar-refractivity contribution in [2.24, 2.45) is 11.8 Å². The van der Waals surface area contributed by atoms with Gasteiger partial charge in [0.05, 0.1) is 7.11 Å². The minimum absolute atomic E-state index is 0.0406. The van der Waals surface area contributed by atoms with Gasteiger partial charge in [0.15, 0.2) is 5.78 Å². The van der Waals surface area contributed by atoms with Crippen LogP contribution in [-0.2, 0) is 4.79 Å². The number of carbonyl (C=O) groups excluding carboxylic acids is 2. The number of ketones is 1. The van der Waals surface area contributed by atoms with Crippen molar-refractivity contribution in [1.82, 2.24) is 4.90 Å². The van der Waals surface area contributed by atoms with Crippen LogP contribution in [0, 0.1) is 11.8 Å². The standard InChI is InChI=1S/C18H23NO3/c1-22-16-7-5-13(6-8-16)17(20)14-9-11-19(12-10-14)18(21)15-3-2-4-15/h5-8,14-15H,2-4,9-12H2,1H3. The summed E-state index contributed by atoms with van der Waals surface area (Å²) >= 11 is 0. The molecule has 1 saturated carbocycles. The van der Waals surface area contributed by atoms with Gasteiger partial charge in [-0.3, -0.25) is 9.59 Å². The van der Waals surface area contributed by atoms with Crippen molar-refractivity contribution in [1.29, 1.82) is 0 Å². The van der Waals surface area contributed by atoms with E-state index < -0.39 is 0 Å². The number of hydrogen-bond acceptors (Lipinski definition) is 3. The number of benzene rings is 1. The maximum Gasteiger partial charge on any atom is 0.225 e. The fourth-order valence-corrected chi connectivity index (χ4v) is 3.27. The van der Waals surface area contributed by atoms with Crippen LogP contribution in [0.15, 0.2) is 24.3 Å². The number of hydrogen-bond donors (Lipinski definition) is 0. The second kappa shape index (κ2) is 6.51. The predicted molar refractivity (Wildman–Crippen MR) is 84.0 cm³/mol. The summed E-state index contributed by atoms with van der Waals surface area (Å²) in [6.45, 7) is 1.45. The molecule has 1 heterocycles. The summed E-state index contributed by atoms with van der Waals surface area (Å²) < 4.78 is 5.12. The Labute approximate surface area is 131 Å². The number of carbonyl (C=O) groups is 2. The van der Waals surface area contributed by atoms with E-state index in [0.717, 1.165) is 50.1 Å². The third-order valence-corrected chi connectivity index (χ3v) is 5.01. The maximum atomic E-state index is 12.5. The molecule has 4 nitrogen and oxygen atoms in total. The third kappa shape index (κ3) is 3.01. The van der Waals surface area contributed by atoms with E-state index in [1.807, 2.05) is 29.2 Å². The number of methoxy groups -OCH3 is 1. The fourth-order valence-electron chi connectivity index (χ4n) is 3.27. The number of nitrogens with zero attached hydrogens (tertiary/aromatic N) is 1. The molecule has 2 fully saturated rings. The molecular weight excluding hydrogens is 278 g/mol. The zero-order valence-electron chi connectivity index (χ0n) is 13.1. The van der Waals surface area contributed by atoms with E-state index in [1.54, 1.807) is 7.11 Å². The quantitative estimate of drug-likeness (QED) is 0.803. The molecule has 4 heteroatoms. The lowest BCUT2D eigenvalue weighted by Crippen LogP contribution is -2.44. The predicted octanol–water partition coefficient (Wildman–Crippen LogP) is 2.92. The van der Waals surface area contributed by atoms with E-state index in [2.05, 4.69) is 0 Å². The molecule has 2 aliphatic rings. The fraction of sp³-hybridized carbons (Fsp3) is 0.556. The first-order valence-corrected chi connectivity index (χ1v) is 8.16. The molecule has 0 N–H and O–H groups in total. The Morgan fingerprint density at radius 3 is 2.14 bits per heavy atom. The number of ether oxygens (including phenoxy) is 1. The molecule has 0 atom stereocenters. The Balaban J connectivity index is 1.55. The molecule has 118 valence electrons. The van der Waals surface area contributed by atoms with Gasteiger partial charge in [-0.15, -0.1) is 0 Å². The number of piperidine rings is 1. The van der Waals surface area contributed by atoms with Gasteiger partial charge in [-0.05, 0) is 49.9 Å². The summed E-state index contributed by atoms with van der Waals surface area (Å²) in [5.41, 5.74) is 0.740.